The Kier molecular flexibility index (Phi) is 8.53. The van der Waals surface area contributed by atoms with Gasteiger partial charge in [0.25, 0.3) is 0 Å². The van der Waals surface area contributed by atoms with Gasteiger partial charge in [-0.1, -0.05) is 0 Å². The second-order valence-electron chi connectivity index (χ2n) is 7.93. The number of hydrogen-bond donors (Lipinski definition) is 4. The third-order valence-corrected chi connectivity index (χ3v) is 4.78. The molecule has 1 aliphatic rings. The maximum Gasteiger partial charge on any atom is 0.229 e. The molecule has 1 aliphatic heterocycles. The van der Waals surface area contributed by atoms with Gasteiger partial charge < -0.3 is 39.7 Å². The first-order valence-corrected chi connectivity index (χ1v) is 9.55. The maximum atomic E-state index is 12.9. The van der Waals surface area contributed by atoms with Gasteiger partial charge in [0.05, 0.1) is 6.61 Å². The first kappa shape index (κ1) is 23.7. The van der Waals surface area contributed by atoms with Crippen LogP contribution in [0.15, 0.2) is 24.3 Å². The summed E-state index contributed by atoms with van der Waals surface area (Å²) in [6, 6.07) is 6.44. The number of aliphatic hydroxyl groups is 4. The van der Waals surface area contributed by atoms with Crippen LogP contribution in [0.25, 0.3) is 0 Å². The number of Topliss-reactive ketones (excluding diaryl/α,β-unsaturated/α-hetero) is 1. The number of ketones is 1. The van der Waals surface area contributed by atoms with Crippen molar-refractivity contribution >= 4 is 5.78 Å². The molecule has 0 unspecified atom stereocenters. The molecule has 1 aromatic carbocycles. The molecule has 5 atom stereocenters. The second kappa shape index (κ2) is 10.4. The van der Waals surface area contributed by atoms with E-state index in [0.717, 1.165) is 0 Å². The lowest BCUT2D eigenvalue weighted by atomic mass is 9.96. The molecule has 9 nitrogen and oxygen atoms in total. The van der Waals surface area contributed by atoms with Gasteiger partial charge in [-0.05, 0) is 52.5 Å². The molecule has 9 heteroatoms. The number of ether oxygens (including phenoxy) is 2. The zero-order chi connectivity index (χ0) is 21.7. The average molecular weight is 412 g/mol. The summed E-state index contributed by atoms with van der Waals surface area (Å²) in [7, 11) is 7.70. The van der Waals surface area contributed by atoms with Crippen LogP contribution < -0.4 is 4.74 Å². The van der Waals surface area contributed by atoms with Gasteiger partial charge in [-0.2, -0.15) is 0 Å². The van der Waals surface area contributed by atoms with E-state index in [9.17, 15) is 25.2 Å². The van der Waals surface area contributed by atoms with Crippen molar-refractivity contribution < 1.29 is 34.7 Å². The van der Waals surface area contributed by atoms with Crippen molar-refractivity contribution in [1.29, 1.82) is 0 Å². The summed E-state index contributed by atoms with van der Waals surface area (Å²) in [5.74, 6) is 0.159. The number of carbonyl (C=O) groups is 1. The fourth-order valence-electron chi connectivity index (χ4n) is 3.34. The number of hydrogen-bond acceptors (Lipinski definition) is 9. The Balaban J connectivity index is 2.08. The molecule has 0 spiro atoms. The van der Waals surface area contributed by atoms with Crippen molar-refractivity contribution in [1.82, 2.24) is 9.80 Å². The van der Waals surface area contributed by atoms with Crippen molar-refractivity contribution in [3.05, 3.63) is 29.8 Å². The molecular formula is C20H32N2O7. The predicted octanol–water partition coefficient (Wildman–Crippen LogP) is -1.21. The van der Waals surface area contributed by atoms with Crippen LogP contribution in [-0.2, 0) is 4.74 Å². The van der Waals surface area contributed by atoms with E-state index in [1.165, 1.54) is 0 Å². The number of rotatable bonds is 9. The molecule has 1 saturated heterocycles. The van der Waals surface area contributed by atoms with Crippen LogP contribution in [0.1, 0.15) is 10.4 Å². The van der Waals surface area contributed by atoms with E-state index in [2.05, 4.69) is 0 Å². The minimum absolute atomic E-state index is 0.0202. The first-order valence-electron chi connectivity index (χ1n) is 9.55. The van der Waals surface area contributed by atoms with E-state index < -0.39 is 37.3 Å². The maximum absolute atomic E-state index is 12.9. The van der Waals surface area contributed by atoms with Crippen LogP contribution >= 0.6 is 0 Å². The number of aliphatic hydroxyl groups excluding tert-OH is 4. The van der Waals surface area contributed by atoms with E-state index in [-0.39, 0.29) is 11.7 Å². The third kappa shape index (κ3) is 6.19. The summed E-state index contributed by atoms with van der Waals surface area (Å²) >= 11 is 0. The van der Waals surface area contributed by atoms with Crippen molar-refractivity contribution in [3.8, 4) is 5.75 Å². The zero-order valence-electron chi connectivity index (χ0n) is 17.3. The monoisotopic (exact) mass is 412 g/mol. The molecule has 0 radical (unpaired) electrons. The van der Waals surface area contributed by atoms with Gasteiger partial charge in [-0.25, -0.2) is 0 Å². The normalized spacial score (nSPS) is 27.6. The van der Waals surface area contributed by atoms with Crippen LogP contribution in [0.2, 0.25) is 0 Å². The van der Waals surface area contributed by atoms with Gasteiger partial charge >= 0.3 is 0 Å². The van der Waals surface area contributed by atoms with Crippen molar-refractivity contribution in [2.45, 2.75) is 30.7 Å². The molecule has 0 aliphatic carbocycles. The molecule has 0 bridgehead atoms. The van der Waals surface area contributed by atoms with Crippen molar-refractivity contribution in [3.63, 3.8) is 0 Å². The van der Waals surface area contributed by atoms with Crippen molar-refractivity contribution in [2.75, 3.05) is 47.9 Å². The van der Waals surface area contributed by atoms with Gasteiger partial charge in [0, 0.05) is 24.6 Å². The zero-order valence-corrected chi connectivity index (χ0v) is 17.3. The molecule has 0 aromatic heterocycles. The average Bonchev–Trinajstić information content (AvgIpc) is 2.67. The van der Waals surface area contributed by atoms with E-state index in [1.54, 1.807) is 24.3 Å². The van der Waals surface area contributed by atoms with Crippen molar-refractivity contribution in [2.24, 2.45) is 5.92 Å². The summed E-state index contributed by atoms with van der Waals surface area (Å²) in [5, 5.41) is 39.0. The van der Waals surface area contributed by atoms with E-state index >= 15 is 0 Å². The molecule has 1 aromatic rings. The molecular weight excluding hydrogens is 380 g/mol. The quantitative estimate of drug-likeness (QED) is 0.370. The van der Waals surface area contributed by atoms with Crippen LogP contribution in [0.4, 0.5) is 0 Å². The Morgan fingerprint density at radius 2 is 1.55 bits per heavy atom. The molecule has 0 amide bonds. The van der Waals surface area contributed by atoms with E-state index in [0.29, 0.717) is 24.4 Å². The summed E-state index contributed by atoms with van der Waals surface area (Å²) < 4.78 is 10.9. The topological polar surface area (TPSA) is 123 Å². The summed E-state index contributed by atoms with van der Waals surface area (Å²) in [6.45, 7) is 0.720. The Bertz CT molecular complexity index is 641. The highest BCUT2D eigenvalue weighted by Crippen LogP contribution is 2.25. The Morgan fingerprint density at radius 1 is 1.00 bits per heavy atom. The standard InChI is InChI=1S/C20H32N2O7/c1-21(2)9-13(10-22(3)4)16(24)12-5-7-14(8-6-12)28-20-19(27)18(26)17(25)15(11-23)29-20/h5-8,13,15,17-20,23,25-27H,9-11H2,1-4H3/t15-,17+,18+,19+,20+/m0/s1. The lowest BCUT2D eigenvalue weighted by Crippen LogP contribution is -2.60. The fourth-order valence-corrected chi connectivity index (χ4v) is 3.34. The Morgan fingerprint density at radius 3 is 2.03 bits per heavy atom. The molecule has 0 saturated carbocycles. The lowest BCUT2D eigenvalue weighted by molar-refractivity contribution is -0.277. The molecule has 4 N–H and O–H groups in total. The number of carbonyl (C=O) groups excluding carboxylic acids is 1. The molecule has 29 heavy (non-hydrogen) atoms. The fraction of sp³-hybridized carbons (Fsp3) is 0.650. The van der Waals surface area contributed by atoms with Gasteiger partial charge in [-0.3, -0.25) is 4.79 Å². The minimum atomic E-state index is -1.51. The van der Waals surface area contributed by atoms with Crippen LogP contribution in [-0.4, -0.2) is 115 Å². The van der Waals surface area contributed by atoms with Crippen LogP contribution in [0.3, 0.4) is 0 Å². The third-order valence-electron chi connectivity index (χ3n) is 4.78. The van der Waals surface area contributed by atoms with Gasteiger partial charge in [0.1, 0.15) is 30.2 Å². The van der Waals surface area contributed by atoms with E-state index in [1.807, 2.05) is 38.0 Å². The van der Waals surface area contributed by atoms with Crippen LogP contribution in [0, 0.1) is 5.92 Å². The Labute approximate surface area is 171 Å². The first-order chi connectivity index (χ1) is 13.6. The minimum Gasteiger partial charge on any atom is -0.462 e. The molecule has 1 fully saturated rings. The van der Waals surface area contributed by atoms with E-state index in [4.69, 9.17) is 9.47 Å². The van der Waals surface area contributed by atoms with Gasteiger partial charge in [-0.15, -0.1) is 0 Å². The summed E-state index contributed by atoms with van der Waals surface area (Å²) in [4.78, 5) is 16.8. The smallest absolute Gasteiger partial charge is 0.229 e. The van der Waals surface area contributed by atoms with Gasteiger partial charge in [0.2, 0.25) is 6.29 Å². The van der Waals surface area contributed by atoms with Crippen LogP contribution in [0.5, 0.6) is 5.75 Å². The lowest BCUT2D eigenvalue weighted by Gasteiger charge is -2.39. The highest BCUT2D eigenvalue weighted by Gasteiger charge is 2.44. The highest BCUT2D eigenvalue weighted by molar-refractivity contribution is 5.98. The number of nitrogens with zero attached hydrogens (tertiary/aromatic N) is 2. The SMILES string of the molecule is CN(C)CC(CN(C)C)C(=O)c1ccc(O[C@@H]2O[C@@H](CO)[C@@H](O)[C@@H](O)[C@H]2O)cc1. The summed E-state index contributed by atoms with van der Waals surface area (Å²) in [5.41, 5.74) is 0.542. The predicted molar refractivity (Wildman–Crippen MR) is 106 cm³/mol. The molecule has 164 valence electrons. The summed E-state index contributed by atoms with van der Waals surface area (Å²) in [6.07, 6.45) is -6.75. The Hall–Kier alpha value is -1.59. The number of benzene rings is 1. The molecule has 1 heterocycles. The highest BCUT2D eigenvalue weighted by atomic mass is 16.7. The van der Waals surface area contributed by atoms with Gasteiger partial charge in [0.15, 0.2) is 5.78 Å². The second-order valence-corrected chi connectivity index (χ2v) is 7.93. The largest absolute Gasteiger partial charge is 0.462 e. The molecule has 2 rings (SSSR count).